The largest absolute Gasteiger partial charge is 0.497 e. The van der Waals surface area contributed by atoms with Gasteiger partial charge in [0.2, 0.25) is 5.91 Å². The predicted octanol–water partition coefficient (Wildman–Crippen LogP) is 3.00. The van der Waals surface area contributed by atoms with Crippen molar-refractivity contribution in [1.82, 2.24) is 4.90 Å². The molecule has 0 saturated carbocycles. The van der Waals surface area contributed by atoms with Crippen LogP contribution in [0.3, 0.4) is 0 Å². The monoisotopic (exact) mass is 360 g/mol. The molecule has 132 valence electrons. The fourth-order valence-electron chi connectivity index (χ4n) is 2.58. The van der Waals surface area contributed by atoms with Crippen LogP contribution in [-0.2, 0) is 11.2 Å². The summed E-state index contributed by atoms with van der Waals surface area (Å²) in [4.78, 5) is 26.8. The van der Waals surface area contributed by atoms with Crippen LogP contribution in [-0.4, -0.2) is 41.5 Å². The number of thioether (sulfide) groups is 1. The summed E-state index contributed by atoms with van der Waals surface area (Å²) in [5.41, 5.74) is 0.668. The van der Waals surface area contributed by atoms with Gasteiger partial charge in [0.1, 0.15) is 17.6 Å². The third kappa shape index (κ3) is 3.82. The molecular formula is C18H20N2O4S. The van der Waals surface area contributed by atoms with Crippen LogP contribution in [0.15, 0.2) is 40.8 Å². The standard InChI is InChI=1S/C18H20N2O4S/c1-3-13-8-9-16(24-13)18(22)20-11-25-10-15(20)17(21)19-12-4-6-14(23-2)7-5-12/h4-9,15H,3,10-11H2,1-2H3,(H,19,21). The highest BCUT2D eigenvalue weighted by Gasteiger charge is 2.36. The number of furan rings is 1. The van der Waals surface area contributed by atoms with Gasteiger partial charge in [-0.15, -0.1) is 11.8 Å². The van der Waals surface area contributed by atoms with Crippen LogP contribution < -0.4 is 10.1 Å². The number of amides is 2. The molecule has 25 heavy (non-hydrogen) atoms. The first-order valence-electron chi connectivity index (χ1n) is 8.04. The van der Waals surface area contributed by atoms with Crippen LogP contribution in [0.1, 0.15) is 23.2 Å². The second-order valence-electron chi connectivity index (χ2n) is 5.63. The van der Waals surface area contributed by atoms with Gasteiger partial charge in [0, 0.05) is 17.9 Å². The number of nitrogens with zero attached hydrogens (tertiary/aromatic N) is 1. The molecule has 1 unspecified atom stereocenters. The first-order chi connectivity index (χ1) is 12.1. The van der Waals surface area contributed by atoms with Gasteiger partial charge < -0.3 is 19.4 Å². The maximum atomic E-state index is 12.6. The first kappa shape index (κ1) is 17.4. The van der Waals surface area contributed by atoms with E-state index in [-0.39, 0.29) is 17.6 Å². The molecule has 3 rings (SSSR count). The highest BCUT2D eigenvalue weighted by molar-refractivity contribution is 7.99. The van der Waals surface area contributed by atoms with E-state index in [0.29, 0.717) is 17.3 Å². The molecule has 2 amide bonds. The molecule has 7 heteroatoms. The number of hydrogen-bond acceptors (Lipinski definition) is 5. The Morgan fingerprint density at radius 2 is 2.04 bits per heavy atom. The lowest BCUT2D eigenvalue weighted by molar-refractivity contribution is -0.119. The average molecular weight is 360 g/mol. The van der Waals surface area contributed by atoms with Crippen molar-refractivity contribution in [3.63, 3.8) is 0 Å². The molecule has 1 atom stereocenters. The number of carbonyl (C=O) groups excluding carboxylic acids is 2. The minimum Gasteiger partial charge on any atom is -0.497 e. The number of hydrogen-bond donors (Lipinski definition) is 1. The van der Waals surface area contributed by atoms with Crippen LogP contribution in [0, 0.1) is 0 Å². The van der Waals surface area contributed by atoms with E-state index in [1.165, 1.54) is 0 Å². The van der Waals surface area contributed by atoms with Gasteiger partial charge in [-0.3, -0.25) is 9.59 Å². The second-order valence-corrected chi connectivity index (χ2v) is 6.63. The van der Waals surface area contributed by atoms with Crippen molar-refractivity contribution in [2.75, 3.05) is 24.1 Å². The SMILES string of the molecule is CCc1ccc(C(=O)N2CSCC2C(=O)Nc2ccc(OC)cc2)o1. The van der Waals surface area contributed by atoms with Gasteiger partial charge >= 0.3 is 0 Å². The van der Waals surface area contributed by atoms with Crippen molar-refractivity contribution in [1.29, 1.82) is 0 Å². The molecule has 0 spiro atoms. The molecule has 1 N–H and O–H groups in total. The normalized spacial score (nSPS) is 16.7. The molecule has 2 heterocycles. The molecule has 1 aromatic carbocycles. The van der Waals surface area contributed by atoms with Crippen molar-refractivity contribution in [3.05, 3.63) is 47.9 Å². The van der Waals surface area contributed by atoms with E-state index in [9.17, 15) is 9.59 Å². The molecule has 1 aliphatic rings. The number of aryl methyl sites for hydroxylation is 1. The van der Waals surface area contributed by atoms with Crippen molar-refractivity contribution in [2.45, 2.75) is 19.4 Å². The topological polar surface area (TPSA) is 71.8 Å². The molecule has 1 fully saturated rings. The van der Waals surface area contributed by atoms with Crippen molar-refractivity contribution < 1.29 is 18.7 Å². The zero-order chi connectivity index (χ0) is 17.8. The molecule has 6 nitrogen and oxygen atoms in total. The summed E-state index contributed by atoms with van der Waals surface area (Å²) in [7, 11) is 1.59. The van der Waals surface area contributed by atoms with Crippen LogP contribution in [0.25, 0.3) is 0 Å². The van der Waals surface area contributed by atoms with E-state index >= 15 is 0 Å². The Balaban J connectivity index is 1.69. The van der Waals surface area contributed by atoms with E-state index in [1.807, 2.05) is 6.92 Å². The molecule has 1 saturated heterocycles. The van der Waals surface area contributed by atoms with Gasteiger partial charge in [0.25, 0.3) is 5.91 Å². The summed E-state index contributed by atoms with van der Waals surface area (Å²) in [6.45, 7) is 1.96. The van der Waals surface area contributed by atoms with Crippen LogP contribution >= 0.6 is 11.8 Å². The smallest absolute Gasteiger partial charge is 0.290 e. The van der Waals surface area contributed by atoms with Gasteiger partial charge in [-0.2, -0.15) is 0 Å². The van der Waals surface area contributed by atoms with Gasteiger partial charge in [-0.05, 0) is 36.4 Å². The Labute approximate surface area is 150 Å². The summed E-state index contributed by atoms with van der Waals surface area (Å²) < 4.78 is 10.6. The Bertz CT molecular complexity index is 757. The summed E-state index contributed by atoms with van der Waals surface area (Å²) in [5, 5.41) is 2.86. The molecule has 0 bridgehead atoms. The number of rotatable bonds is 5. The number of methoxy groups -OCH3 is 1. The number of anilines is 1. The van der Waals surface area contributed by atoms with E-state index in [4.69, 9.17) is 9.15 Å². The number of carbonyl (C=O) groups is 2. The summed E-state index contributed by atoms with van der Waals surface area (Å²) in [6.07, 6.45) is 0.726. The zero-order valence-electron chi connectivity index (χ0n) is 14.2. The molecule has 1 aromatic heterocycles. The molecular weight excluding hydrogens is 340 g/mol. The molecule has 0 radical (unpaired) electrons. The summed E-state index contributed by atoms with van der Waals surface area (Å²) in [6, 6.07) is 10.0. The van der Waals surface area contributed by atoms with Gasteiger partial charge in [-0.25, -0.2) is 0 Å². The van der Waals surface area contributed by atoms with E-state index in [2.05, 4.69) is 5.32 Å². The fraction of sp³-hybridized carbons (Fsp3) is 0.333. The maximum absolute atomic E-state index is 12.6. The molecule has 2 aromatic rings. The minimum absolute atomic E-state index is 0.203. The van der Waals surface area contributed by atoms with Crippen LogP contribution in [0.2, 0.25) is 0 Å². The number of benzene rings is 1. The minimum atomic E-state index is -0.519. The second kappa shape index (κ2) is 7.65. The highest BCUT2D eigenvalue weighted by atomic mass is 32.2. The van der Waals surface area contributed by atoms with E-state index in [1.54, 1.807) is 60.2 Å². The quantitative estimate of drug-likeness (QED) is 0.887. The third-order valence-corrected chi connectivity index (χ3v) is 5.04. The lowest BCUT2D eigenvalue weighted by atomic mass is 10.2. The summed E-state index contributed by atoms with van der Waals surface area (Å²) >= 11 is 1.55. The Kier molecular flexibility index (Phi) is 5.33. The highest BCUT2D eigenvalue weighted by Crippen LogP contribution is 2.25. The van der Waals surface area contributed by atoms with Crippen LogP contribution in [0.4, 0.5) is 5.69 Å². The van der Waals surface area contributed by atoms with E-state index < -0.39 is 6.04 Å². The van der Waals surface area contributed by atoms with Crippen LogP contribution in [0.5, 0.6) is 5.75 Å². The number of nitrogens with one attached hydrogen (secondary N) is 1. The Hall–Kier alpha value is -2.41. The lowest BCUT2D eigenvalue weighted by Crippen LogP contribution is -2.44. The first-order valence-corrected chi connectivity index (χ1v) is 9.20. The van der Waals surface area contributed by atoms with E-state index in [0.717, 1.165) is 17.9 Å². The average Bonchev–Trinajstić information content (AvgIpc) is 3.31. The molecule has 0 aliphatic carbocycles. The predicted molar refractivity (Wildman–Crippen MR) is 97.0 cm³/mol. The Morgan fingerprint density at radius 1 is 1.28 bits per heavy atom. The lowest BCUT2D eigenvalue weighted by Gasteiger charge is -2.22. The Morgan fingerprint density at radius 3 is 2.68 bits per heavy atom. The van der Waals surface area contributed by atoms with Gasteiger partial charge in [-0.1, -0.05) is 6.92 Å². The van der Waals surface area contributed by atoms with Crippen molar-refractivity contribution in [2.24, 2.45) is 0 Å². The van der Waals surface area contributed by atoms with Crippen molar-refractivity contribution >= 4 is 29.3 Å². The summed E-state index contributed by atoms with van der Waals surface area (Å²) in [5.74, 6) is 2.34. The van der Waals surface area contributed by atoms with Gasteiger partial charge in [0.05, 0.1) is 13.0 Å². The third-order valence-electron chi connectivity index (χ3n) is 4.02. The molecule has 1 aliphatic heterocycles. The van der Waals surface area contributed by atoms with Crippen molar-refractivity contribution in [3.8, 4) is 5.75 Å². The zero-order valence-corrected chi connectivity index (χ0v) is 15.0. The number of ether oxygens (including phenoxy) is 1. The fourth-order valence-corrected chi connectivity index (χ4v) is 3.74. The van der Waals surface area contributed by atoms with Gasteiger partial charge in [0.15, 0.2) is 5.76 Å². The maximum Gasteiger partial charge on any atom is 0.290 e.